The lowest BCUT2D eigenvalue weighted by atomic mass is 10.2. The fourth-order valence-electron chi connectivity index (χ4n) is 2.76. The van der Waals surface area contributed by atoms with Crippen molar-refractivity contribution in [2.45, 2.75) is 6.61 Å². The number of hydrazone groups is 1. The predicted molar refractivity (Wildman–Crippen MR) is 125 cm³/mol. The molecule has 0 aliphatic rings. The molecule has 3 rings (SSSR count). The molecule has 0 aromatic heterocycles. The first-order valence-electron chi connectivity index (χ1n) is 9.23. The number of hydrogen-bond donors (Lipinski definition) is 1. The van der Waals surface area contributed by atoms with Gasteiger partial charge in [0.2, 0.25) is 0 Å². The molecule has 6 nitrogen and oxygen atoms in total. The highest BCUT2D eigenvalue weighted by Crippen LogP contribution is 2.32. The highest BCUT2D eigenvalue weighted by atomic mass is 79.9. The van der Waals surface area contributed by atoms with Crippen LogP contribution in [0.3, 0.4) is 0 Å². The molecular formula is C23H20BrClN2O4. The van der Waals surface area contributed by atoms with Crippen molar-refractivity contribution in [2.24, 2.45) is 5.10 Å². The van der Waals surface area contributed by atoms with Crippen molar-refractivity contribution in [1.82, 2.24) is 5.43 Å². The second kappa shape index (κ2) is 10.8. The minimum absolute atomic E-state index is 0.240. The van der Waals surface area contributed by atoms with Gasteiger partial charge < -0.3 is 14.2 Å². The summed E-state index contributed by atoms with van der Waals surface area (Å²) >= 11 is 9.60. The van der Waals surface area contributed by atoms with Crippen molar-refractivity contribution in [3.8, 4) is 17.2 Å². The number of carbonyl (C=O) groups is 1. The molecule has 3 aromatic rings. The number of hydrogen-bond acceptors (Lipinski definition) is 5. The smallest absolute Gasteiger partial charge is 0.275 e. The Hall–Kier alpha value is -3.03. The van der Waals surface area contributed by atoms with E-state index in [1.54, 1.807) is 56.7 Å². The minimum Gasteiger partial charge on any atom is -0.496 e. The van der Waals surface area contributed by atoms with Gasteiger partial charge in [-0.1, -0.05) is 41.9 Å². The van der Waals surface area contributed by atoms with Crippen LogP contribution in [0, 0.1) is 0 Å². The maximum absolute atomic E-state index is 12.7. The summed E-state index contributed by atoms with van der Waals surface area (Å²) in [4.78, 5) is 12.7. The third-order valence-electron chi connectivity index (χ3n) is 4.35. The van der Waals surface area contributed by atoms with Gasteiger partial charge in [0.25, 0.3) is 5.91 Å². The number of halogens is 2. The van der Waals surface area contributed by atoms with Gasteiger partial charge in [-0.15, -0.1) is 0 Å². The zero-order valence-corrected chi connectivity index (χ0v) is 19.2. The van der Waals surface area contributed by atoms with Crippen LogP contribution in [0.4, 0.5) is 0 Å². The Balaban J connectivity index is 1.72. The molecule has 0 bridgehead atoms. The standard InChI is InChI=1S/C23H20BrClN2O4/c1-29-21-12-22(30-2)18(24)11-16(21)13-26-27-23(28)17-8-4-6-10-20(17)31-14-15-7-3-5-9-19(15)25/h3-13H,14H2,1-2H3,(H,27,28)/b26-13+. The second-order valence-corrected chi connectivity index (χ2v) is 7.57. The maximum atomic E-state index is 12.7. The Morgan fingerprint density at radius 3 is 2.48 bits per heavy atom. The Kier molecular flexibility index (Phi) is 7.92. The summed E-state index contributed by atoms with van der Waals surface area (Å²) in [6.45, 7) is 0.240. The summed E-state index contributed by atoms with van der Waals surface area (Å²) < 4.78 is 17.2. The molecule has 0 aliphatic carbocycles. The number of benzene rings is 3. The van der Waals surface area contributed by atoms with Gasteiger partial charge in [0.05, 0.1) is 30.5 Å². The molecule has 0 heterocycles. The molecule has 0 aliphatic heterocycles. The van der Waals surface area contributed by atoms with Gasteiger partial charge in [-0.3, -0.25) is 4.79 Å². The van der Waals surface area contributed by atoms with Crippen LogP contribution >= 0.6 is 27.5 Å². The Morgan fingerprint density at radius 1 is 1.03 bits per heavy atom. The first-order valence-corrected chi connectivity index (χ1v) is 10.4. The van der Waals surface area contributed by atoms with Crippen LogP contribution in [0.5, 0.6) is 17.2 Å². The van der Waals surface area contributed by atoms with Gasteiger partial charge in [0.1, 0.15) is 23.9 Å². The Bertz CT molecular complexity index is 1100. The lowest BCUT2D eigenvalue weighted by Crippen LogP contribution is -2.18. The zero-order chi connectivity index (χ0) is 22.2. The Labute approximate surface area is 193 Å². The van der Waals surface area contributed by atoms with Crippen molar-refractivity contribution < 1.29 is 19.0 Å². The summed E-state index contributed by atoms with van der Waals surface area (Å²) in [7, 11) is 3.12. The van der Waals surface area contributed by atoms with Crippen molar-refractivity contribution >= 4 is 39.7 Å². The molecule has 0 fully saturated rings. The molecule has 0 saturated carbocycles. The molecule has 1 amide bonds. The number of amides is 1. The van der Waals surface area contributed by atoms with Crippen LogP contribution in [0.25, 0.3) is 0 Å². The van der Waals surface area contributed by atoms with Crippen LogP contribution in [0.1, 0.15) is 21.5 Å². The number of ether oxygens (including phenoxy) is 3. The predicted octanol–water partition coefficient (Wildman–Crippen LogP) is 5.46. The number of rotatable bonds is 8. The molecule has 3 aromatic carbocycles. The monoisotopic (exact) mass is 502 g/mol. The van der Waals surface area contributed by atoms with E-state index in [0.717, 1.165) is 10.0 Å². The number of para-hydroxylation sites is 1. The highest BCUT2D eigenvalue weighted by Gasteiger charge is 2.13. The van der Waals surface area contributed by atoms with Gasteiger partial charge in [-0.25, -0.2) is 5.43 Å². The minimum atomic E-state index is -0.405. The average Bonchev–Trinajstić information content (AvgIpc) is 2.79. The van der Waals surface area contributed by atoms with Crippen LogP contribution in [-0.4, -0.2) is 26.3 Å². The van der Waals surface area contributed by atoms with E-state index in [9.17, 15) is 4.79 Å². The van der Waals surface area contributed by atoms with E-state index in [-0.39, 0.29) is 6.61 Å². The van der Waals surface area contributed by atoms with E-state index in [0.29, 0.717) is 33.4 Å². The molecule has 0 radical (unpaired) electrons. The molecule has 31 heavy (non-hydrogen) atoms. The topological polar surface area (TPSA) is 69.2 Å². The van der Waals surface area contributed by atoms with Crippen molar-refractivity contribution in [1.29, 1.82) is 0 Å². The van der Waals surface area contributed by atoms with Crippen molar-refractivity contribution in [2.75, 3.05) is 14.2 Å². The van der Waals surface area contributed by atoms with Crippen molar-refractivity contribution in [3.05, 3.63) is 86.8 Å². The lowest BCUT2D eigenvalue weighted by Gasteiger charge is -2.11. The molecule has 0 atom stereocenters. The van der Waals surface area contributed by atoms with Crippen molar-refractivity contribution in [3.63, 3.8) is 0 Å². The molecule has 8 heteroatoms. The average molecular weight is 504 g/mol. The van der Waals surface area contributed by atoms with Crippen LogP contribution in [0.2, 0.25) is 5.02 Å². The van der Waals surface area contributed by atoms with E-state index in [1.165, 1.54) is 6.21 Å². The maximum Gasteiger partial charge on any atom is 0.275 e. The quantitative estimate of drug-likeness (QED) is 0.327. The number of nitrogens with one attached hydrogen (secondary N) is 1. The summed E-state index contributed by atoms with van der Waals surface area (Å²) in [5.74, 6) is 1.21. The highest BCUT2D eigenvalue weighted by molar-refractivity contribution is 9.10. The third kappa shape index (κ3) is 5.77. The van der Waals surface area contributed by atoms with Gasteiger partial charge >= 0.3 is 0 Å². The largest absolute Gasteiger partial charge is 0.496 e. The number of carbonyl (C=O) groups excluding carboxylic acids is 1. The van der Waals surface area contributed by atoms with E-state index in [1.807, 2.05) is 18.2 Å². The van der Waals surface area contributed by atoms with Crippen LogP contribution < -0.4 is 19.6 Å². The van der Waals surface area contributed by atoms with Gasteiger partial charge in [0.15, 0.2) is 0 Å². The van der Waals surface area contributed by atoms with E-state index >= 15 is 0 Å². The fraction of sp³-hybridized carbons (Fsp3) is 0.130. The van der Waals surface area contributed by atoms with Gasteiger partial charge in [-0.2, -0.15) is 5.10 Å². The molecule has 0 spiro atoms. The molecule has 1 N–H and O–H groups in total. The lowest BCUT2D eigenvalue weighted by molar-refractivity contribution is 0.0950. The summed E-state index contributed by atoms with van der Waals surface area (Å²) in [6, 6.07) is 17.8. The first kappa shape index (κ1) is 22.7. The van der Waals surface area contributed by atoms with Crippen LogP contribution in [0.15, 0.2) is 70.2 Å². The number of nitrogens with zero attached hydrogens (tertiary/aromatic N) is 1. The Morgan fingerprint density at radius 2 is 1.74 bits per heavy atom. The van der Waals surface area contributed by atoms with Gasteiger partial charge in [0, 0.05) is 22.2 Å². The normalized spacial score (nSPS) is 10.7. The molecular weight excluding hydrogens is 484 g/mol. The van der Waals surface area contributed by atoms with E-state index in [2.05, 4.69) is 26.5 Å². The zero-order valence-electron chi connectivity index (χ0n) is 16.9. The molecule has 0 unspecified atom stereocenters. The van der Waals surface area contributed by atoms with E-state index in [4.69, 9.17) is 25.8 Å². The van der Waals surface area contributed by atoms with E-state index < -0.39 is 5.91 Å². The summed E-state index contributed by atoms with van der Waals surface area (Å²) in [5, 5.41) is 4.66. The number of methoxy groups -OCH3 is 2. The molecule has 0 saturated heterocycles. The van der Waals surface area contributed by atoms with Crippen LogP contribution in [-0.2, 0) is 6.61 Å². The third-order valence-corrected chi connectivity index (χ3v) is 5.34. The van der Waals surface area contributed by atoms with Gasteiger partial charge in [-0.05, 0) is 40.2 Å². The molecule has 160 valence electrons. The fourth-order valence-corrected chi connectivity index (χ4v) is 3.47. The second-order valence-electron chi connectivity index (χ2n) is 6.30. The first-order chi connectivity index (χ1) is 15.0. The SMILES string of the molecule is COc1cc(OC)c(/C=N/NC(=O)c2ccccc2OCc2ccccc2Cl)cc1Br. The summed E-state index contributed by atoms with van der Waals surface area (Å²) in [5.41, 5.74) is 4.37. The summed E-state index contributed by atoms with van der Waals surface area (Å²) in [6.07, 6.45) is 1.49.